The molecule has 0 N–H and O–H groups in total. The third-order valence-corrected chi connectivity index (χ3v) is 2.74. The predicted octanol–water partition coefficient (Wildman–Crippen LogP) is 2.33. The fourth-order valence-electron chi connectivity index (χ4n) is 1.42. The maximum absolute atomic E-state index is 11.0. The maximum atomic E-state index is 11.0. The highest BCUT2D eigenvalue weighted by Crippen LogP contribution is 2.06. The summed E-state index contributed by atoms with van der Waals surface area (Å²) >= 11 is 0. The van der Waals surface area contributed by atoms with Gasteiger partial charge in [0.25, 0.3) is 0 Å². The second kappa shape index (κ2) is 13.0. The minimum absolute atomic E-state index is 0.0662. The summed E-state index contributed by atoms with van der Waals surface area (Å²) in [6.45, 7) is 10.9. The minimum atomic E-state index is -0.560. The van der Waals surface area contributed by atoms with Gasteiger partial charge in [-0.2, -0.15) is 0 Å². The van der Waals surface area contributed by atoms with Crippen LogP contribution in [0.15, 0.2) is 0 Å². The Morgan fingerprint density at radius 2 is 1.41 bits per heavy atom. The van der Waals surface area contributed by atoms with Crippen molar-refractivity contribution >= 4 is 23.5 Å². The summed E-state index contributed by atoms with van der Waals surface area (Å²) in [7, 11) is 0. The number of ketones is 2. The van der Waals surface area contributed by atoms with E-state index in [0.29, 0.717) is 19.6 Å². The van der Waals surface area contributed by atoms with Crippen molar-refractivity contribution in [1.82, 2.24) is 0 Å². The maximum Gasteiger partial charge on any atom is 0.316 e. The van der Waals surface area contributed by atoms with Crippen LogP contribution in [0.2, 0.25) is 0 Å². The second-order valence-corrected chi connectivity index (χ2v) is 4.93. The molecule has 0 bridgehead atoms. The molecule has 0 aromatic rings. The summed E-state index contributed by atoms with van der Waals surface area (Å²) in [5, 5.41) is 0. The van der Waals surface area contributed by atoms with Crippen LogP contribution in [-0.2, 0) is 28.7 Å². The van der Waals surface area contributed by atoms with Gasteiger partial charge >= 0.3 is 11.9 Å². The van der Waals surface area contributed by atoms with Crippen molar-refractivity contribution in [2.24, 2.45) is 11.8 Å². The smallest absolute Gasteiger partial charge is 0.316 e. The Labute approximate surface area is 132 Å². The summed E-state index contributed by atoms with van der Waals surface area (Å²) in [5.41, 5.74) is 0. The molecule has 0 amide bonds. The van der Waals surface area contributed by atoms with Crippen LogP contribution < -0.4 is 0 Å². The van der Waals surface area contributed by atoms with E-state index < -0.39 is 17.9 Å². The lowest BCUT2D eigenvalue weighted by molar-refractivity contribution is -0.151. The molecule has 0 aliphatic heterocycles. The van der Waals surface area contributed by atoms with Crippen LogP contribution >= 0.6 is 0 Å². The molecule has 0 aromatic carbocycles. The molecule has 0 rings (SSSR count). The Kier molecular flexibility index (Phi) is 13.3. The number of Topliss-reactive ketones (excluding diaryl/α,β-unsaturated/α-hetero) is 2. The first-order valence-electron chi connectivity index (χ1n) is 7.56. The van der Waals surface area contributed by atoms with Crippen molar-refractivity contribution in [1.29, 1.82) is 0 Å². The molecule has 0 fully saturated rings. The number of esters is 2. The summed E-state index contributed by atoms with van der Waals surface area (Å²) in [6, 6.07) is 0. The monoisotopic (exact) mass is 316 g/mol. The van der Waals surface area contributed by atoms with E-state index in [0.717, 1.165) is 0 Å². The molecule has 0 radical (unpaired) electrons. The van der Waals surface area contributed by atoms with E-state index in [4.69, 9.17) is 4.74 Å². The molecule has 1 unspecified atom stereocenters. The predicted molar refractivity (Wildman–Crippen MR) is 82.2 cm³/mol. The van der Waals surface area contributed by atoms with Gasteiger partial charge < -0.3 is 9.47 Å². The number of carbonyl (C=O) groups excluding carboxylic acids is 4. The molecule has 0 saturated carbocycles. The molecule has 0 saturated heterocycles. The summed E-state index contributed by atoms with van der Waals surface area (Å²) in [6.07, 6.45) is 0.430. The first kappa shape index (κ1) is 22.6. The number of carbonyl (C=O) groups is 4. The van der Waals surface area contributed by atoms with Crippen molar-refractivity contribution in [2.75, 3.05) is 13.2 Å². The highest BCUT2D eigenvalue weighted by molar-refractivity contribution is 5.97. The average molecular weight is 316 g/mol. The number of hydrogen-bond acceptors (Lipinski definition) is 6. The first-order chi connectivity index (χ1) is 10.2. The van der Waals surface area contributed by atoms with Crippen LogP contribution in [0.1, 0.15) is 54.4 Å². The van der Waals surface area contributed by atoms with Crippen LogP contribution in [0.25, 0.3) is 0 Å². The van der Waals surface area contributed by atoms with Gasteiger partial charge in [-0.15, -0.1) is 0 Å². The molecule has 22 heavy (non-hydrogen) atoms. The zero-order valence-corrected chi connectivity index (χ0v) is 14.4. The Morgan fingerprint density at radius 1 is 0.909 bits per heavy atom. The number of hydrogen-bond donors (Lipinski definition) is 0. The molecule has 0 heterocycles. The fraction of sp³-hybridized carbons (Fsp3) is 0.750. The van der Waals surface area contributed by atoms with Gasteiger partial charge in [-0.3, -0.25) is 19.2 Å². The van der Waals surface area contributed by atoms with Crippen molar-refractivity contribution in [2.45, 2.75) is 54.4 Å². The normalized spacial score (nSPS) is 11.0. The molecule has 1 atom stereocenters. The van der Waals surface area contributed by atoms with E-state index in [1.807, 2.05) is 0 Å². The van der Waals surface area contributed by atoms with Gasteiger partial charge in [-0.05, 0) is 27.2 Å². The van der Waals surface area contributed by atoms with Crippen molar-refractivity contribution in [3.63, 3.8) is 0 Å². The summed E-state index contributed by atoms with van der Waals surface area (Å²) in [4.78, 5) is 43.4. The lowest BCUT2D eigenvalue weighted by Gasteiger charge is -2.08. The molecule has 0 aliphatic carbocycles. The Bertz CT molecular complexity index is 373. The van der Waals surface area contributed by atoms with Crippen LogP contribution in [0.3, 0.4) is 0 Å². The van der Waals surface area contributed by atoms with Gasteiger partial charge in [0, 0.05) is 5.92 Å². The van der Waals surface area contributed by atoms with Crippen LogP contribution in [0.5, 0.6) is 0 Å². The summed E-state index contributed by atoms with van der Waals surface area (Å²) in [5.74, 6) is -1.66. The lowest BCUT2D eigenvalue weighted by atomic mass is 10.0. The van der Waals surface area contributed by atoms with E-state index in [2.05, 4.69) is 4.74 Å². The molecule has 0 spiro atoms. The van der Waals surface area contributed by atoms with Crippen LogP contribution in [-0.4, -0.2) is 36.7 Å². The van der Waals surface area contributed by atoms with Gasteiger partial charge in [0.1, 0.15) is 23.9 Å². The van der Waals surface area contributed by atoms with Gasteiger partial charge in [0.15, 0.2) is 0 Å². The summed E-state index contributed by atoms with van der Waals surface area (Å²) < 4.78 is 9.30. The molecule has 0 aromatic heterocycles. The van der Waals surface area contributed by atoms with E-state index in [1.54, 1.807) is 34.6 Å². The standard InChI is InChI=1S/2C8H14O3/c1-4-11-8(10)5-7(9)6(2)3;1-4-7(6(3)9)8(10)11-5-2/h6H,4-5H2,1-3H3;7H,4-5H2,1-3H3. The molecular formula is C16H28O6. The molecule has 128 valence electrons. The van der Waals surface area contributed by atoms with Crippen molar-refractivity contribution in [3.05, 3.63) is 0 Å². The third-order valence-electron chi connectivity index (χ3n) is 2.74. The fourth-order valence-corrected chi connectivity index (χ4v) is 1.42. The minimum Gasteiger partial charge on any atom is -0.466 e. The quantitative estimate of drug-likeness (QED) is 0.504. The zero-order valence-electron chi connectivity index (χ0n) is 14.4. The van der Waals surface area contributed by atoms with E-state index in [1.165, 1.54) is 6.92 Å². The topological polar surface area (TPSA) is 86.7 Å². The lowest BCUT2D eigenvalue weighted by Crippen LogP contribution is -2.23. The Balaban J connectivity index is 0. The van der Waals surface area contributed by atoms with E-state index in [-0.39, 0.29) is 23.9 Å². The van der Waals surface area contributed by atoms with Gasteiger partial charge in [0.05, 0.1) is 13.2 Å². The number of ether oxygens (including phenoxy) is 2. The van der Waals surface area contributed by atoms with Crippen molar-refractivity contribution < 1.29 is 28.7 Å². The Morgan fingerprint density at radius 3 is 1.73 bits per heavy atom. The van der Waals surface area contributed by atoms with Crippen molar-refractivity contribution in [3.8, 4) is 0 Å². The zero-order chi connectivity index (χ0) is 17.7. The van der Waals surface area contributed by atoms with Crippen LogP contribution in [0.4, 0.5) is 0 Å². The highest BCUT2D eigenvalue weighted by Gasteiger charge is 2.21. The second-order valence-electron chi connectivity index (χ2n) is 4.93. The Hall–Kier alpha value is -1.72. The van der Waals surface area contributed by atoms with Gasteiger partial charge in [-0.25, -0.2) is 0 Å². The third kappa shape index (κ3) is 11.0. The molecule has 0 aliphatic rings. The average Bonchev–Trinajstić information content (AvgIpc) is 2.40. The number of rotatable bonds is 8. The van der Waals surface area contributed by atoms with Gasteiger partial charge in [-0.1, -0.05) is 20.8 Å². The largest absolute Gasteiger partial charge is 0.466 e. The highest BCUT2D eigenvalue weighted by atomic mass is 16.5. The molecule has 6 heteroatoms. The van der Waals surface area contributed by atoms with E-state index >= 15 is 0 Å². The SMILES string of the molecule is CCOC(=O)C(CC)C(C)=O.CCOC(=O)CC(=O)C(C)C. The molecule has 6 nitrogen and oxygen atoms in total. The molecular weight excluding hydrogens is 288 g/mol. The van der Waals surface area contributed by atoms with Gasteiger partial charge in [0.2, 0.25) is 0 Å². The van der Waals surface area contributed by atoms with E-state index in [9.17, 15) is 19.2 Å². The first-order valence-corrected chi connectivity index (χ1v) is 7.56. The van der Waals surface area contributed by atoms with Crippen LogP contribution in [0, 0.1) is 11.8 Å².